The molecule has 0 aliphatic rings. The number of aryl methyl sites for hydroxylation is 1. The highest BCUT2D eigenvalue weighted by Crippen LogP contribution is 2.13. The molecule has 0 bridgehead atoms. The maximum absolute atomic E-state index is 11.9. The van der Waals surface area contributed by atoms with Crippen LogP contribution in [-0.4, -0.2) is 20.1 Å². The number of rotatable bonds is 7. The molecular formula is C14H20O3S. The van der Waals surface area contributed by atoms with Gasteiger partial charge in [-0.15, -0.1) is 0 Å². The molecule has 0 saturated heterocycles. The summed E-state index contributed by atoms with van der Waals surface area (Å²) in [5, 5.41) is 9.88. The fraction of sp³-hybridized carbons (Fsp3) is 0.429. The van der Waals surface area contributed by atoms with Crippen LogP contribution in [0.1, 0.15) is 31.2 Å². The van der Waals surface area contributed by atoms with Gasteiger partial charge in [-0.3, -0.25) is 0 Å². The molecule has 0 radical (unpaired) electrons. The third-order valence-corrected chi connectivity index (χ3v) is 4.13. The second-order valence-corrected chi connectivity index (χ2v) is 6.14. The van der Waals surface area contributed by atoms with Crippen LogP contribution in [-0.2, 0) is 9.84 Å². The first-order chi connectivity index (χ1) is 8.56. The predicted octanol–water partition coefficient (Wildman–Crippen LogP) is 2.84. The number of allylic oxidation sites excluding steroid dienone is 1. The zero-order valence-corrected chi connectivity index (χ0v) is 11.5. The predicted molar refractivity (Wildman–Crippen MR) is 73.1 cm³/mol. The molecule has 18 heavy (non-hydrogen) atoms. The first-order valence-electron chi connectivity index (χ1n) is 6.15. The summed E-state index contributed by atoms with van der Waals surface area (Å²) in [4.78, 5) is 0.333. The lowest BCUT2D eigenvalue weighted by molar-refractivity contribution is 0.283. The molecule has 100 valence electrons. The lowest BCUT2D eigenvalue weighted by Gasteiger charge is -1.99. The summed E-state index contributed by atoms with van der Waals surface area (Å²) < 4.78 is 23.8. The van der Waals surface area contributed by atoms with Gasteiger partial charge >= 0.3 is 0 Å². The van der Waals surface area contributed by atoms with Gasteiger partial charge < -0.3 is 5.11 Å². The van der Waals surface area contributed by atoms with Crippen LogP contribution in [0.25, 0.3) is 0 Å². The molecule has 0 aromatic heterocycles. The van der Waals surface area contributed by atoms with Gasteiger partial charge in [-0.1, -0.05) is 30.2 Å². The van der Waals surface area contributed by atoms with Gasteiger partial charge in [-0.2, -0.15) is 0 Å². The number of hydrogen-bond acceptors (Lipinski definition) is 3. The van der Waals surface area contributed by atoms with Crippen LogP contribution in [0.3, 0.4) is 0 Å². The molecule has 0 amide bonds. The number of aliphatic hydroxyl groups excluding tert-OH is 1. The lowest BCUT2D eigenvalue weighted by atomic mass is 10.2. The quantitative estimate of drug-likeness (QED) is 0.774. The Balaban J connectivity index is 2.54. The Morgan fingerprint density at radius 3 is 2.39 bits per heavy atom. The Hall–Kier alpha value is -1.13. The fourth-order valence-corrected chi connectivity index (χ4v) is 2.61. The lowest BCUT2D eigenvalue weighted by Crippen LogP contribution is -1.95. The van der Waals surface area contributed by atoms with Crippen molar-refractivity contribution in [3.8, 4) is 0 Å². The molecule has 3 nitrogen and oxygen atoms in total. The average Bonchev–Trinajstić information content (AvgIpc) is 2.34. The van der Waals surface area contributed by atoms with Crippen LogP contribution in [0.15, 0.2) is 40.6 Å². The number of aliphatic hydroxyl groups is 1. The van der Waals surface area contributed by atoms with E-state index in [1.165, 1.54) is 5.41 Å². The van der Waals surface area contributed by atoms with E-state index < -0.39 is 9.84 Å². The van der Waals surface area contributed by atoms with E-state index in [2.05, 4.69) is 0 Å². The molecule has 4 heteroatoms. The third kappa shape index (κ3) is 5.02. The van der Waals surface area contributed by atoms with E-state index in [9.17, 15) is 8.42 Å². The molecule has 0 unspecified atom stereocenters. The van der Waals surface area contributed by atoms with Crippen molar-refractivity contribution in [2.24, 2.45) is 0 Å². The van der Waals surface area contributed by atoms with E-state index in [4.69, 9.17) is 5.11 Å². The van der Waals surface area contributed by atoms with E-state index in [0.717, 1.165) is 31.2 Å². The Bertz CT molecular complexity index is 472. The second kappa shape index (κ2) is 7.34. The van der Waals surface area contributed by atoms with Crippen LogP contribution in [0.5, 0.6) is 0 Å². The molecule has 1 aromatic rings. The van der Waals surface area contributed by atoms with Crippen molar-refractivity contribution in [1.29, 1.82) is 0 Å². The minimum atomic E-state index is -3.30. The molecule has 0 spiro atoms. The Labute approximate surface area is 109 Å². The molecule has 1 aromatic carbocycles. The van der Waals surface area contributed by atoms with Crippen LogP contribution >= 0.6 is 0 Å². The highest BCUT2D eigenvalue weighted by atomic mass is 32.2. The van der Waals surface area contributed by atoms with Gasteiger partial charge in [0.25, 0.3) is 0 Å². The highest BCUT2D eigenvalue weighted by Gasteiger charge is 2.08. The van der Waals surface area contributed by atoms with Crippen LogP contribution in [0, 0.1) is 6.92 Å². The summed E-state index contributed by atoms with van der Waals surface area (Å²) in [6.07, 6.45) is 5.02. The van der Waals surface area contributed by atoms with Crippen molar-refractivity contribution in [3.05, 3.63) is 41.3 Å². The minimum Gasteiger partial charge on any atom is -0.396 e. The Kier molecular flexibility index (Phi) is 6.09. The van der Waals surface area contributed by atoms with Crippen molar-refractivity contribution in [1.82, 2.24) is 0 Å². The van der Waals surface area contributed by atoms with E-state index in [0.29, 0.717) is 4.90 Å². The smallest absolute Gasteiger partial charge is 0.199 e. The summed E-state index contributed by atoms with van der Waals surface area (Å²) in [6, 6.07) is 6.84. The van der Waals surface area contributed by atoms with Gasteiger partial charge in [0, 0.05) is 12.0 Å². The van der Waals surface area contributed by atoms with Crippen molar-refractivity contribution in [2.45, 2.75) is 37.5 Å². The number of unbranched alkanes of at least 4 members (excludes halogenated alkanes) is 3. The molecule has 1 N–H and O–H groups in total. The Morgan fingerprint density at radius 2 is 1.78 bits per heavy atom. The molecule has 1 rings (SSSR count). The van der Waals surface area contributed by atoms with Gasteiger partial charge in [-0.25, -0.2) is 8.42 Å². The number of sulfone groups is 1. The van der Waals surface area contributed by atoms with Gasteiger partial charge in [0.05, 0.1) is 4.90 Å². The second-order valence-electron chi connectivity index (χ2n) is 4.30. The SMILES string of the molecule is Cc1ccc(S(=O)(=O)/C=C/CCCCCO)cc1. The first kappa shape index (κ1) is 14.9. The standard InChI is InChI=1S/C14H20O3S/c1-13-7-9-14(10-8-13)18(16,17)12-6-4-2-3-5-11-15/h6-10,12,15H,2-5,11H2,1H3/b12-6+. The van der Waals surface area contributed by atoms with Crippen molar-refractivity contribution < 1.29 is 13.5 Å². The summed E-state index contributed by atoms with van der Waals surface area (Å²) in [6.45, 7) is 2.12. The van der Waals surface area contributed by atoms with E-state index >= 15 is 0 Å². The van der Waals surface area contributed by atoms with E-state index in [1.54, 1.807) is 30.3 Å². The summed E-state index contributed by atoms with van der Waals surface area (Å²) >= 11 is 0. The maximum Gasteiger partial charge on any atom is 0.199 e. The summed E-state index contributed by atoms with van der Waals surface area (Å²) in [7, 11) is -3.30. The topological polar surface area (TPSA) is 54.4 Å². The average molecular weight is 268 g/mol. The largest absolute Gasteiger partial charge is 0.396 e. The molecule has 0 saturated carbocycles. The van der Waals surface area contributed by atoms with Gasteiger partial charge in [-0.05, 0) is 38.3 Å². The fourth-order valence-electron chi connectivity index (χ4n) is 1.55. The van der Waals surface area contributed by atoms with E-state index in [1.807, 2.05) is 6.92 Å². The molecule has 0 aliphatic heterocycles. The zero-order chi connectivity index (χ0) is 13.4. The van der Waals surface area contributed by atoms with Crippen molar-refractivity contribution in [3.63, 3.8) is 0 Å². The molecule has 0 aliphatic carbocycles. The number of hydrogen-bond donors (Lipinski definition) is 1. The van der Waals surface area contributed by atoms with Gasteiger partial charge in [0.2, 0.25) is 0 Å². The zero-order valence-electron chi connectivity index (χ0n) is 10.7. The third-order valence-electron chi connectivity index (χ3n) is 2.65. The minimum absolute atomic E-state index is 0.200. The van der Waals surface area contributed by atoms with E-state index in [-0.39, 0.29) is 6.61 Å². The van der Waals surface area contributed by atoms with Crippen LogP contribution < -0.4 is 0 Å². The summed E-state index contributed by atoms with van der Waals surface area (Å²) in [5.41, 5.74) is 1.04. The normalized spacial score (nSPS) is 12.1. The van der Waals surface area contributed by atoms with Gasteiger partial charge in [0.15, 0.2) is 9.84 Å². The van der Waals surface area contributed by atoms with Crippen molar-refractivity contribution in [2.75, 3.05) is 6.61 Å². The maximum atomic E-state index is 11.9. The van der Waals surface area contributed by atoms with Crippen LogP contribution in [0.4, 0.5) is 0 Å². The summed E-state index contributed by atoms with van der Waals surface area (Å²) in [5.74, 6) is 0. The Morgan fingerprint density at radius 1 is 1.11 bits per heavy atom. The molecule has 0 atom stereocenters. The highest BCUT2D eigenvalue weighted by molar-refractivity contribution is 7.94. The van der Waals surface area contributed by atoms with Crippen LogP contribution in [0.2, 0.25) is 0 Å². The molecule has 0 heterocycles. The number of benzene rings is 1. The van der Waals surface area contributed by atoms with Gasteiger partial charge in [0.1, 0.15) is 0 Å². The van der Waals surface area contributed by atoms with Crippen molar-refractivity contribution >= 4 is 9.84 Å². The first-order valence-corrected chi connectivity index (χ1v) is 7.70. The molecule has 0 fully saturated rings. The monoisotopic (exact) mass is 268 g/mol. The molecular weight excluding hydrogens is 248 g/mol.